The average molecular weight is 165 g/mol. The van der Waals surface area contributed by atoms with E-state index >= 15 is 0 Å². The van der Waals surface area contributed by atoms with Gasteiger partial charge in [0.1, 0.15) is 11.8 Å². The van der Waals surface area contributed by atoms with Gasteiger partial charge in [0.15, 0.2) is 6.21 Å². The number of hydrogen-bond donors (Lipinski definition) is 0. The van der Waals surface area contributed by atoms with Crippen molar-refractivity contribution < 1.29 is 12.4 Å². The Morgan fingerprint density at radius 3 is 2.82 bits per heavy atom. The lowest BCUT2D eigenvalue weighted by molar-refractivity contribution is -0.00000193. The van der Waals surface area contributed by atoms with Crippen LogP contribution in [-0.2, 0) is 0 Å². The van der Waals surface area contributed by atoms with Crippen LogP contribution in [-0.4, -0.2) is 12.4 Å². The molecule has 0 radical (unpaired) electrons. The third kappa shape index (κ3) is 1.43. The van der Waals surface area contributed by atoms with E-state index in [0.29, 0.717) is 0 Å². The lowest BCUT2D eigenvalue weighted by Crippen LogP contribution is -3.00. The van der Waals surface area contributed by atoms with Gasteiger partial charge < -0.3 is 12.4 Å². The van der Waals surface area contributed by atoms with Crippen LogP contribution in [0.3, 0.4) is 0 Å². The zero-order valence-electron chi connectivity index (χ0n) is 5.66. The Kier molecular flexibility index (Phi) is 2.32. The van der Waals surface area contributed by atoms with Gasteiger partial charge in [0, 0.05) is 6.07 Å². The molecule has 1 aliphatic rings. The van der Waals surface area contributed by atoms with Crippen LogP contribution in [0.15, 0.2) is 34.5 Å². The van der Waals surface area contributed by atoms with Crippen LogP contribution in [0.4, 0.5) is 0 Å². The smallest absolute Gasteiger partial charge is 0.220 e. The Balaban J connectivity index is 0.000000605. The van der Waals surface area contributed by atoms with E-state index in [0.717, 1.165) is 11.1 Å². The largest absolute Gasteiger partial charge is 1.00 e. The van der Waals surface area contributed by atoms with E-state index in [4.69, 9.17) is 0 Å². The molecule has 0 spiro atoms. The molecular formula is C8H5ClN2. The van der Waals surface area contributed by atoms with Crippen molar-refractivity contribution in [1.29, 1.82) is 0 Å². The van der Waals surface area contributed by atoms with E-state index in [2.05, 4.69) is 16.4 Å². The summed E-state index contributed by atoms with van der Waals surface area (Å²) >= 11 is 0. The van der Waals surface area contributed by atoms with Crippen LogP contribution >= 0.6 is 0 Å². The molecule has 0 amide bonds. The summed E-state index contributed by atoms with van der Waals surface area (Å²) in [5, 5.41) is 7.35. The minimum atomic E-state index is 0. The highest BCUT2D eigenvalue weighted by atomic mass is 35.5. The van der Waals surface area contributed by atoms with E-state index in [1.807, 2.05) is 24.3 Å². The third-order valence-electron chi connectivity index (χ3n) is 1.39. The topological polar surface area (TPSA) is 24.7 Å². The first kappa shape index (κ1) is 7.86. The molecule has 0 fully saturated rings. The van der Waals surface area contributed by atoms with Gasteiger partial charge in [0.2, 0.25) is 5.56 Å². The molecule has 3 heteroatoms. The SMILES string of the molecule is [C+]1=NN=Cc2ccccc21.[Cl-]. The fourth-order valence-electron chi connectivity index (χ4n) is 0.885. The van der Waals surface area contributed by atoms with Crippen molar-refractivity contribution in [3.8, 4) is 0 Å². The summed E-state index contributed by atoms with van der Waals surface area (Å²) in [6.07, 6.45) is 4.52. The van der Waals surface area contributed by atoms with Gasteiger partial charge in [0.05, 0.1) is 6.07 Å². The molecule has 0 saturated carbocycles. The second-order valence-corrected chi connectivity index (χ2v) is 2.04. The molecule has 2 nitrogen and oxygen atoms in total. The molecule has 1 aromatic carbocycles. The average Bonchev–Trinajstić information content (AvgIpc) is 2.05. The van der Waals surface area contributed by atoms with Gasteiger partial charge in [-0.25, -0.2) is 0 Å². The first-order valence-corrected chi connectivity index (χ1v) is 3.05. The number of benzene rings is 1. The maximum absolute atomic E-state index is 3.71. The summed E-state index contributed by atoms with van der Waals surface area (Å²) < 4.78 is 0. The van der Waals surface area contributed by atoms with Crippen LogP contribution in [0.1, 0.15) is 11.1 Å². The van der Waals surface area contributed by atoms with Crippen molar-refractivity contribution in [1.82, 2.24) is 0 Å². The van der Waals surface area contributed by atoms with Gasteiger partial charge in [-0.1, -0.05) is 0 Å². The Morgan fingerprint density at radius 1 is 1.18 bits per heavy atom. The van der Waals surface area contributed by atoms with E-state index in [1.54, 1.807) is 6.21 Å². The Hall–Kier alpha value is -1.24. The molecule has 1 heterocycles. The number of halogens is 1. The standard InChI is InChI=1S/C8H5N2.ClH/c1-2-4-8-6-10-9-5-7(8)3-1;/h1-5H;1H/q+1;/p-1. The summed E-state index contributed by atoms with van der Waals surface area (Å²) in [7, 11) is 0. The van der Waals surface area contributed by atoms with Crippen LogP contribution in [0.25, 0.3) is 0 Å². The summed E-state index contributed by atoms with van der Waals surface area (Å²) in [6, 6.07) is 7.88. The van der Waals surface area contributed by atoms with Gasteiger partial charge in [-0.3, -0.25) is 0 Å². The third-order valence-corrected chi connectivity index (χ3v) is 1.39. The molecule has 11 heavy (non-hydrogen) atoms. The lowest BCUT2D eigenvalue weighted by atomic mass is 10.1. The zero-order chi connectivity index (χ0) is 6.81. The van der Waals surface area contributed by atoms with Crippen molar-refractivity contribution in [2.24, 2.45) is 10.2 Å². The molecule has 0 atom stereocenters. The first-order valence-electron chi connectivity index (χ1n) is 3.05. The molecule has 54 valence electrons. The maximum Gasteiger partial charge on any atom is 0.220 e. The molecule has 0 unspecified atom stereocenters. The molecule has 0 bridgehead atoms. The van der Waals surface area contributed by atoms with Crippen molar-refractivity contribution in [2.75, 3.05) is 0 Å². The van der Waals surface area contributed by atoms with Gasteiger partial charge in [-0.15, -0.1) is 5.10 Å². The number of fused-ring (bicyclic) bond motifs is 1. The molecule has 0 aliphatic carbocycles. The fraction of sp³-hybridized carbons (Fsp3) is 0. The van der Waals surface area contributed by atoms with Crippen LogP contribution in [0.5, 0.6) is 0 Å². The first-order chi connectivity index (χ1) is 4.97. The van der Waals surface area contributed by atoms with Crippen molar-refractivity contribution in [3.05, 3.63) is 35.4 Å². The van der Waals surface area contributed by atoms with Crippen LogP contribution < -0.4 is 12.4 Å². The molecule has 1 aliphatic heterocycles. The van der Waals surface area contributed by atoms with Crippen LogP contribution in [0, 0.1) is 0 Å². The van der Waals surface area contributed by atoms with Crippen molar-refractivity contribution in [3.63, 3.8) is 0 Å². The summed E-state index contributed by atoms with van der Waals surface area (Å²) in [6.45, 7) is 0. The summed E-state index contributed by atoms with van der Waals surface area (Å²) in [5.74, 6) is 0. The van der Waals surface area contributed by atoms with Crippen molar-refractivity contribution in [2.45, 2.75) is 0 Å². The summed E-state index contributed by atoms with van der Waals surface area (Å²) in [5.41, 5.74) is 2.09. The number of rotatable bonds is 0. The normalized spacial score (nSPS) is 11.3. The predicted octanol–water partition coefficient (Wildman–Crippen LogP) is -1.67. The Morgan fingerprint density at radius 2 is 2.00 bits per heavy atom. The van der Waals surface area contributed by atoms with E-state index in [1.165, 1.54) is 0 Å². The van der Waals surface area contributed by atoms with E-state index < -0.39 is 0 Å². The van der Waals surface area contributed by atoms with Crippen molar-refractivity contribution >= 4 is 12.4 Å². The highest BCUT2D eigenvalue weighted by Crippen LogP contribution is 2.05. The predicted molar refractivity (Wildman–Crippen MR) is 40.6 cm³/mol. The fourth-order valence-corrected chi connectivity index (χ4v) is 0.885. The van der Waals surface area contributed by atoms with E-state index in [9.17, 15) is 0 Å². The monoisotopic (exact) mass is 164 g/mol. The highest BCUT2D eigenvalue weighted by molar-refractivity contribution is 5.96. The molecular weight excluding hydrogens is 160 g/mol. The summed E-state index contributed by atoms with van der Waals surface area (Å²) in [4.78, 5) is 0. The number of hydrogen-bond acceptors (Lipinski definition) is 2. The van der Waals surface area contributed by atoms with Gasteiger partial charge in [0.25, 0.3) is 0 Å². The minimum Gasteiger partial charge on any atom is -1.00 e. The van der Waals surface area contributed by atoms with Gasteiger partial charge in [-0.05, 0) is 17.2 Å². The molecule has 0 saturated heterocycles. The second-order valence-electron chi connectivity index (χ2n) is 2.04. The Labute approximate surface area is 71.1 Å². The second kappa shape index (κ2) is 3.24. The highest BCUT2D eigenvalue weighted by Gasteiger charge is 2.09. The molecule has 2 rings (SSSR count). The molecule has 0 N–H and O–H groups in total. The molecule has 0 aromatic heterocycles. The lowest BCUT2D eigenvalue weighted by Gasteiger charge is -1.88. The number of nitrogens with zero attached hydrogens (tertiary/aromatic N) is 2. The maximum atomic E-state index is 3.71. The minimum absolute atomic E-state index is 0. The Bertz CT molecular complexity index is 274. The quantitative estimate of drug-likeness (QED) is 0.410. The van der Waals surface area contributed by atoms with Crippen LogP contribution in [0.2, 0.25) is 0 Å². The molecule has 1 aromatic rings. The van der Waals surface area contributed by atoms with E-state index in [-0.39, 0.29) is 12.4 Å². The van der Waals surface area contributed by atoms with Gasteiger partial charge >= 0.3 is 0 Å². The zero-order valence-corrected chi connectivity index (χ0v) is 6.42. The van der Waals surface area contributed by atoms with Gasteiger partial charge in [-0.2, -0.15) is 0 Å².